The van der Waals surface area contributed by atoms with Gasteiger partial charge in [-0.1, -0.05) is 17.7 Å². The molecule has 1 saturated carbocycles. The smallest absolute Gasteiger partial charge is 0.335 e. The number of benzene rings is 1. The number of hydrogen-bond acceptors (Lipinski definition) is 8. The number of allylic oxidation sites excluding steroid dienone is 1. The highest BCUT2D eigenvalue weighted by molar-refractivity contribution is 5.90. The van der Waals surface area contributed by atoms with E-state index in [-0.39, 0.29) is 53.1 Å². The number of nitrogens with zero attached hydrogens (tertiary/aromatic N) is 2. The lowest BCUT2D eigenvalue weighted by molar-refractivity contribution is -0.158. The van der Waals surface area contributed by atoms with E-state index in [2.05, 4.69) is 53.9 Å². The molecule has 8 atom stereocenters. The van der Waals surface area contributed by atoms with Gasteiger partial charge in [-0.3, -0.25) is 9.69 Å². The van der Waals surface area contributed by atoms with E-state index in [1.165, 1.54) is 18.2 Å². The molecule has 1 N–H and O–H groups in total. The van der Waals surface area contributed by atoms with Gasteiger partial charge < -0.3 is 24.4 Å². The van der Waals surface area contributed by atoms with Crippen LogP contribution in [0.1, 0.15) is 43.4 Å². The maximum atomic E-state index is 13.8. The number of anilines is 1. The monoisotopic (exact) mass is 545 g/mol. The van der Waals surface area contributed by atoms with Gasteiger partial charge >= 0.3 is 11.9 Å². The Bertz CT molecular complexity index is 1350. The number of cyclic esters (lactones) is 1. The summed E-state index contributed by atoms with van der Waals surface area (Å²) in [6.07, 6.45) is 8.67. The average molecular weight is 546 g/mol. The van der Waals surface area contributed by atoms with Crippen molar-refractivity contribution in [3.05, 3.63) is 59.3 Å². The zero-order valence-corrected chi connectivity index (χ0v) is 23.8. The van der Waals surface area contributed by atoms with Gasteiger partial charge in [0.1, 0.15) is 5.75 Å². The number of likely N-dealkylation sites (N-methyl/N-ethyl adjacent to an activating group) is 1. The van der Waals surface area contributed by atoms with Gasteiger partial charge in [0.2, 0.25) is 0 Å². The van der Waals surface area contributed by atoms with Crippen LogP contribution in [0.25, 0.3) is 0 Å². The first-order valence-corrected chi connectivity index (χ1v) is 14.6. The number of esters is 2. The minimum absolute atomic E-state index is 0.00848. The van der Waals surface area contributed by atoms with Crippen molar-refractivity contribution in [2.75, 3.05) is 45.9 Å². The largest absolute Gasteiger partial charge is 0.496 e. The van der Waals surface area contributed by atoms with Crippen molar-refractivity contribution in [1.29, 1.82) is 0 Å². The molecule has 1 aromatic rings. The van der Waals surface area contributed by atoms with Crippen molar-refractivity contribution in [3.63, 3.8) is 0 Å². The third-order valence-electron chi connectivity index (χ3n) is 11.1. The third-order valence-corrected chi connectivity index (χ3v) is 11.1. The Kier molecular flexibility index (Phi) is 5.86. The highest BCUT2D eigenvalue weighted by Crippen LogP contribution is 2.64. The average Bonchev–Trinajstić information content (AvgIpc) is 3.23. The molecular weight excluding hydrogens is 506 g/mol. The molecule has 0 aromatic heterocycles. The minimum atomic E-state index is -0.356. The lowest BCUT2D eigenvalue weighted by Crippen LogP contribution is -2.72. The molecule has 40 heavy (non-hydrogen) atoms. The van der Waals surface area contributed by atoms with Crippen molar-refractivity contribution >= 4 is 17.6 Å². The van der Waals surface area contributed by atoms with E-state index >= 15 is 0 Å². The summed E-state index contributed by atoms with van der Waals surface area (Å²) in [5, 5.41) is 3.52. The fourth-order valence-electron chi connectivity index (χ4n) is 9.52. The molecule has 5 aliphatic heterocycles. The standard InChI is InChI=1S/C32H39N3O5/c1-6-17-16-35-10-9-32-23-12-21(28-18(7-2)19-8-11-40-30(36)22(19)15-33-28)26(38-4)14-24(23)34(3)29(32)25(35)13-20(17)27(32)31(37)39-5/h6-7,12,14-15,18-20,25,27-29,33H,2,8-11,13,16H2,1,3-5H3/t18-,19+,20+,25+,27+,28+,29+,32+/m1/s1. The molecule has 4 fully saturated rings. The number of nitrogens with one attached hydrogen (secondary N) is 1. The number of methoxy groups -OCH3 is 2. The summed E-state index contributed by atoms with van der Waals surface area (Å²) < 4.78 is 16.9. The molecule has 8 nitrogen and oxygen atoms in total. The van der Waals surface area contributed by atoms with Gasteiger partial charge in [0.15, 0.2) is 0 Å². The summed E-state index contributed by atoms with van der Waals surface area (Å²) in [7, 11) is 5.43. The van der Waals surface area contributed by atoms with Crippen molar-refractivity contribution in [1.82, 2.24) is 10.2 Å². The van der Waals surface area contributed by atoms with Crippen LogP contribution >= 0.6 is 0 Å². The van der Waals surface area contributed by atoms with Gasteiger partial charge in [0.05, 0.1) is 44.4 Å². The van der Waals surface area contributed by atoms with E-state index in [9.17, 15) is 9.59 Å². The predicted octanol–water partition coefficient (Wildman–Crippen LogP) is 3.49. The van der Waals surface area contributed by atoms with E-state index in [4.69, 9.17) is 14.2 Å². The Morgan fingerprint density at radius 2 is 2.10 bits per heavy atom. The molecule has 0 radical (unpaired) electrons. The molecular formula is C32H39N3O5. The topological polar surface area (TPSA) is 80.3 Å². The molecule has 8 heteroatoms. The minimum Gasteiger partial charge on any atom is -0.496 e. The molecule has 3 bridgehead atoms. The van der Waals surface area contributed by atoms with Crippen molar-refractivity contribution in [2.45, 2.75) is 49.7 Å². The normalized spacial score (nSPS) is 38.5. The SMILES string of the molecule is C=C[C@@H]1[C@@H]2CCOC(=O)C2=CN[C@@H]1c1cc2c(cc1OC)N(C)[C@H]1[C@@H]3C[C@H]4C(=CC)CN3CC[C@@]21[C@@H]4C(=O)OC. The second-order valence-electron chi connectivity index (χ2n) is 12.3. The van der Waals surface area contributed by atoms with Crippen LogP contribution in [-0.4, -0.2) is 69.9 Å². The maximum absolute atomic E-state index is 13.8. The Hall–Kier alpha value is -3.26. The van der Waals surface area contributed by atoms with Crippen molar-refractivity contribution in [2.24, 2.45) is 23.7 Å². The number of hydrogen-bond donors (Lipinski definition) is 1. The maximum Gasteiger partial charge on any atom is 0.335 e. The number of piperidine rings is 2. The summed E-state index contributed by atoms with van der Waals surface area (Å²) in [6, 6.07) is 4.92. The number of carbonyl (C=O) groups is 2. The highest BCUT2D eigenvalue weighted by Gasteiger charge is 2.68. The van der Waals surface area contributed by atoms with E-state index in [1.807, 2.05) is 12.3 Å². The van der Waals surface area contributed by atoms with Crippen LogP contribution in [0.4, 0.5) is 5.69 Å². The molecule has 0 spiro atoms. The first-order chi connectivity index (χ1) is 19.4. The second-order valence-corrected chi connectivity index (χ2v) is 12.3. The van der Waals surface area contributed by atoms with Crippen molar-refractivity contribution < 1.29 is 23.8 Å². The van der Waals surface area contributed by atoms with E-state index in [0.717, 1.165) is 49.4 Å². The van der Waals surface area contributed by atoms with Crippen LogP contribution in [0.15, 0.2) is 48.2 Å². The molecule has 1 aromatic carbocycles. The van der Waals surface area contributed by atoms with Crippen LogP contribution < -0.4 is 15.0 Å². The van der Waals surface area contributed by atoms with Crippen LogP contribution in [0.3, 0.4) is 0 Å². The lowest BCUT2D eigenvalue weighted by atomic mass is 9.50. The Morgan fingerprint density at radius 1 is 1.27 bits per heavy atom. The van der Waals surface area contributed by atoms with E-state index in [0.29, 0.717) is 18.2 Å². The first-order valence-electron chi connectivity index (χ1n) is 14.6. The number of ether oxygens (including phenoxy) is 3. The molecule has 6 aliphatic rings. The summed E-state index contributed by atoms with van der Waals surface area (Å²) in [5.74, 6) is 0.412. The second kappa shape index (κ2) is 9.13. The van der Waals surface area contributed by atoms with Gasteiger partial charge in [-0.05, 0) is 50.3 Å². The first kappa shape index (κ1) is 25.7. The molecule has 0 amide bonds. The quantitative estimate of drug-likeness (QED) is 0.455. The van der Waals surface area contributed by atoms with Crippen molar-refractivity contribution in [3.8, 4) is 5.75 Å². The summed E-state index contributed by atoms with van der Waals surface area (Å²) in [4.78, 5) is 31.3. The Balaban J connectivity index is 1.41. The zero-order valence-electron chi connectivity index (χ0n) is 23.8. The van der Waals surface area contributed by atoms with Gasteiger partial charge in [-0.15, -0.1) is 6.58 Å². The molecule has 1 aliphatic carbocycles. The fraction of sp³-hybridized carbons (Fsp3) is 0.562. The van der Waals surface area contributed by atoms with Crippen LogP contribution in [0.2, 0.25) is 0 Å². The van der Waals surface area contributed by atoms with Gasteiger partial charge in [-0.2, -0.15) is 0 Å². The van der Waals surface area contributed by atoms with Crippen LogP contribution in [0.5, 0.6) is 5.75 Å². The zero-order chi connectivity index (χ0) is 27.9. The molecule has 212 valence electrons. The highest BCUT2D eigenvalue weighted by atomic mass is 16.5. The molecule has 0 unspecified atom stereocenters. The predicted molar refractivity (Wildman–Crippen MR) is 151 cm³/mol. The van der Waals surface area contributed by atoms with Gasteiger partial charge in [-0.25, -0.2) is 4.79 Å². The van der Waals surface area contributed by atoms with Gasteiger partial charge in [0, 0.05) is 60.4 Å². The molecule has 3 saturated heterocycles. The van der Waals surface area contributed by atoms with Crippen LogP contribution in [0, 0.1) is 23.7 Å². The number of rotatable bonds is 4. The Labute approximate surface area is 236 Å². The summed E-state index contributed by atoms with van der Waals surface area (Å²) in [6.45, 7) is 8.59. The summed E-state index contributed by atoms with van der Waals surface area (Å²) in [5.41, 5.74) is 5.08. The summed E-state index contributed by atoms with van der Waals surface area (Å²) >= 11 is 0. The number of carbonyl (C=O) groups excluding carboxylic acids is 2. The number of fused-ring (bicyclic) bond motifs is 3. The fourth-order valence-corrected chi connectivity index (χ4v) is 9.52. The van der Waals surface area contributed by atoms with E-state index in [1.54, 1.807) is 7.11 Å². The molecule has 7 rings (SSSR count). The Morgan fingerprint density at radius 3 is 2.83 bits per heavy atom. The van der Waals surface area contributed by atoms with Crippen LogP contribution in [-0.2, 0) is 24.5 Å². The van der Waals surface area contributed by atoms with Gasteiger partial charge in [0.25, 0.3) is 0 Å². The lowest BCUT2D eigenvalue weighted by Gasteiger charge is -2.63. The third kappa shape index (κ3) is 3.17. The molecule has 5 heterocycles. The van der Waals surface area contributed by atoms with E-state index < -0.39 is 0 Å².